The lowest BCUT2D eigenvalue weighted by molar-refractivity contribution is 0.325. The standard InChI is InChI=1S/C10H9Cl3O3S/c1-2-3-4-16-10-8(11)5-7(6-9(10)12)17(13,14)15/h2,5-6H,1,3-4H2. The molecule has 0 saturated carbocycles. The van der Waals surface area contributed by atoms with Crippen LogP contribution in [0, 0.1) is 0 Å². The minimum Gasteiger partial charge on any atom is -0.490 e. The van der Waals surface area contributed by atoms with E-state index >= 15 is 0 Å². The van der Waals surface area contributed by atoms with Crippen molar-refractivity contribution in [3.8, 4) is 5.75 Å². The normalized spacial score (nSPS) is 11.2. The maximum absolute atomic E-state index is 11.1. The molecule has 0 bridgehead atoms. The zero-order valence-electron chi connectivity index (χ0n) is 8.62. The van der Waals surface area contributed by atoms with Gasteiger partial charge < -0.3 is 4.74 Å². The van der Waals surface area contributed by atoms with Gasteiger partial charge in [-0.25, -0.2) is 8.42 Å². The lowest BCUT2D eigenvalue weighted by Crippen LogP contribution is -1.99. The van der Waals surface area contributed by atoms with E-state index < -0.39 is 9.05 Å². The third-order valence-corrected chi connectivity index (χ3v) is 3.72. The monoisotopic (exact) mass is 314 g/mol. The number of hydrogen-bond donors (Lipinski definition) is 0. The van der Waals surface area contributed by atoms with E-state index in [1.54, 1.807) is 6.08 Å². The summed E-state index contributed by atoms with van der Waals surface area (Å²) in [5.41, 5.74) is 0. The van der Waals surface area contributed by atoms with E-state index in [1.807, 2.05) is 0 Å². The predicted molar refractivity (Wildman–Crippen MR) is 69.8 cm³/mol. The van der Waals surface area contributed by atoms with Gasteiger partial charge in [0.2, 0.25) is 0 Å². The van der Waals surface area contributed by atoms with Crippen LogP contribution in [0.3, 0.4) is 0 Å². The van der Waals surface area contributed by atoms with Gasteiger partial charge in [0, 0.05) is 10.7 Å². The van der Waals surface area contributed by atoms with Crippen molar-refractivity contribution < 1.29 is 13.2 Å². The van der Waals surface area contributed by atoms with Crippen LogP contribution in [0.25, 0.3) is 0 Å². The summed E-state index contributed by atoms with van der Waals surface area (Å²) in [6, 6.07) is 2.39. The molecule has 0 aliphatic heterocycles. The van der Waals surface area contributed by atoms with Crippen LogP contribution in [-0.2, 0) is 9.05 Å². The topological polar surface area (TPSA) is 43.4 Å². The first kappa shape index (κ1) is 14.6. The average Bonchev–Trinajstić information content (AvgIpc) is 2.20. The summed E-state index contributed by atoms with van der Waals surface area (Å²) in [4.78, 5) is -0.162. The quantitative estimate of drug-likeness (QED) is 0.470. The van der Waals surface area contributed by atoms with E-state index in [1.165, 1.54) is 12.1 Å². The van der Waals surface area contributed by atoms with Crippen molar-refractivity contribution in [2.75, 3.05) is 6.61 Å². The Morgan fingerprint density at radius 1 is 1.29 bits per heavy atom. The van der Waals surface area contributed by atoms with Gasteiger partial charge in [-0.2, -0.15) is 0 Å². The van der Waals surface area contributed by atoms with Gasteiger partial charge in [0.25, 0.3) is 9.05 Å². The molecule has 0 spiro atoms. The molecule has 7 heteroatoms. The first-order chi connectivity index (χ1) is 7.86. The highest BCUT2D eigenvalue weighted by molar-refractivity contribution is 8.13. The van der Waals surface area contributed by atoms with Crippen molar-refractivity contribution in [2.45, 2.75) is 11.3 Å². The molecule has 0 N–H and O–H groups in total. The second-order valence-electron chi connectivity index (χ2n) is 3.08. The Balaban J connectivity index is 3.07. The molecule has 94 valence electrons. The second kappa shape index (κ2) is 5.96. The summed E-state index contributed by atoms with van der Waals surface area (Å²) in [5, 5.41) is 0.196. The third kappa shape index (κ3) is 4.07. The Kier molecular flexibility index (Phi) is 5.13. The van der Waals surface area contributed by atoms with Crippen molar-refractivity contribution in [1.29, 1.82) is 0 Å². The molecule has 0 fully saturated rings. The molecular formula is C10H9Cl3O3S. The number of hydrogen-bond acceptors (Lipinski definition) is 3. The van der Waals surface area contributed by atoms with E-state index in [-0.39, 0.29) is 20.7 Å². The largest absolute Gasteiger partial charge is 0.490 e. The van der Waals surface area contributed by atoms with Gasteiger partial charge in [-0.1, -0.05) is 29.3 Å². The summed E-state index contributed by atoms with van der Waals surface area (Å²) >= 11 is 11.7. The molecule has 0 saturated heterocycles. The average molecular weight is 316 g/mol. The van der Waals surface area contributed by atoms with Crippen molar-refractivity contribution in [3.63, 3.8) is 0 Å². The van der Waals surface area contributed by atoms with Crippen LogP contribution in [-0.4, -0.2) is 15.0 Å². The molecule has 17 heavy (non-hydrogen) atoms. The van der Waals surface area contributed by atoms with Crippen molar-refractivity contribution in [1.82, 2.24) is 0 Å². The van der Waals surface area contributed by atoms with Gasteiger partial charge in [-0.3, -0.25) is 0 Å². The first-order valence-electron chi connectivity index (χ1n) is 4.53. The minimum atomic E-state index is -3.86. The Bertz CT molecular complexity index is 503. The second-order valence-corrected chi connectivity index (χ2v) is 6.46. The Labute approximate surface area is 114 Å². The SMILES string of the molecule is C=CCCOc1c(Cl)cc(S(=O)(=O)Cl)cc1Cl. The van der Waals surface area contributed by atoms with Gasteiger partial charge >= 0.3 is 0 Å². The lowest BCUT2D eigenvalue weighted by Gasteiger charge is -2.09. The summed E-state index contributed by atoms with van der Waals surface area (Å²) in [5.74, 6) is 0.235. The molecule has 0 atom stereocenters. The zero-order valence-corrected chi connectivity index (χ0v) is 11.7. The highest BCUT2D eigenvalue weighted by Gasteiger charge is 2.16. The summed E-state index contributed by atoms with van der Waals surface area (Å²) < 4.78 is 27.5. The third-order valence-electron chi connectivity index (χ3n) is 1.82. The molecule has 0 radical (unpaired) electrons. The zero-order chi connectivity index (χ0) is 13.1. The Morgan fingerprint density at radius 2 is 1.82 bits per heavy atom. The van der Waals surface area contributed by atoms with Crippen LogP contribution in [0.2, 0.25) is 10.0 Å². The van der Waals surface area contributed by atoms with Gasteiger partial charge in [-0.15, -0.1) is 6.58 Å². The Morgan fingerprint density at radius 3 is 2.24 bits per heavy atom. The number of ether oxygens (including phenoxy) is 1. The predicted octanol–water partition coefficient (Wildman–Crippen LogP) is 3.88. The van der Waals surface area contributed by atoms with Gasteiger partial charge in [0.1, 0.15) is 0 Å². The van der Waals surface area contributed by atoms with Crippen LogP contribution < -0.4 is 4.74 Å². The van der Waals surface area contributed by atoms with Gasteiger partial charge in [0.15, 0.2) is 5.75 Å². The molecule has 3 nitrogen and oxygen atoms in total. The highest BCUT2D eigenvalue weighted by Crippen LogP contribution is 2.36. The van der Waals surface area contributed by atoms with Crippen molar-refractivity contribution >= 4 is 42.9 Å². The molecule has 0 unspecified atom stereocenters. The van der Waals surface area contributed by atoms with Crippen LogP contribution in [0.4, 0.5) is 0 Å². The summed E-state index contributed by atoms with van der Waals surface area (Å²) in [6.07, 6.45) is 2.31. The van der Waals surface area contributed by atoms with Gasteiger partial charge in [-0.05, 0) is 18.6 Å². The fourth-order valence-corrected chi connectivity index (χ4v) is 2.57. The number of benzene rings is 1. The van der Waals surface area contributed by atoms with Crippen molar-refractivity contribution in [3.05, 3.63) is 34.8 Å². The summed E-state index contributed by atoms with van der Waals surface area (Å²) in [7, 11) is 1.32. The van der Waals surface area contributed by atoms with E-state index in [9.17, 15) is 8.42 Å². The Hall–Kier alpha value is -0.420. The van der Waals surface area contributed by atoms with E-state index in [0.29, 0.717) is 13.0 Å². The maximum Gasteiger partial charge on any atom is 0.261 e. The molecule has 1 rings (SSSR count). The molecule has 0 heterocycles. The van der Waals surface area contributed by atoms with Gasteiger partial charge in [0.05, 0.1) is 21.5 Å². The smallest absolute Gasteiger partial charge is 0.261 e. The highest BCUT2D eigenvalue weighted by atomic mass is 35.7. The number of rotatable bonds is 5. The molecule has 0 aromatic heterocycles. The molecule has 1 aromatic carbocycles. The van der Waals surface area contributed by atoms with Crippen LogP contribution in [0.15, 0.2) is 29.7 Å². The number of halogens is 3. The molecule has 1 aromatic rings. The molecule has 0 aliphatic rings. The fraction of sp³-hybridized carbons (Fsp3) is 0.200. The van der Waals surface area contributed by atoms with Crippen LogP contribution in [0.5, 0.6) is 5.75 Å². The lowest BCUT2D eigenvalue weighted by atomic mass is 10.3. The summed E-state index contributed by atoms with van der Waals surface area (Å²) in [6.45, 7) is 3.90. The van der Waals surface area contributed by atoms with E-state index in [4.69, 9.17) is 38.6 Å². The van der Waals surface area contributed by atoms with Crippen LogP contribution in [0.1, 0.15) is 6.42 Å². The van der Waals surface area contributed by atoms with E-state index in [0.717, 1.165) is 0 Å². The fourth-order valence-electron chi connectivity index (χ4n) is 1.06. The van der Waals surface area contributed by atoms with E-state index in [2.05, 4.69) is 6.58 Å². The maximum atomic E-state index is 11.1. The van der Waals surface area contributed by atoms with Crippen LogP contribution >= 0.6 is 33.9 Å². The first-order valence-corrected chi connectivity index (χ1v) is 7.60. The van der Waals surface area contributed by atoms with Crippen molar-refractivity contribution in [2.24, 2.45) is 0 Å². The molecular weight excluding hydrogens is 307 g/mol. The molecule has 0 aliphatic carbocycles. The molecule has 0 amide bonds. The minimum absolute atomic E-state index is 0.0980.